The van der Waals surface area contributed by atoms with Gasteiger partial charge in [0.1, 0.15) is 17.8 Å². The van der Waals surface area contributed by atoms with E-state index in [-0.39, 0.29) is 12.2 Å². The summed E-state index contributed by atoms with van der Waals surface area (Å²) in [7, 11) is 0. The summed E-state index contributed by atoms with van der Waals surface area (Å²) in [6.07, 6.45) is 1.23. The minimum absolute atomic E-state index is 0.339. The molecule has 5 heteroatoms. The highest BCUT2D eigenvalue weighted by atomic mass is 16.8. The molecule has 0 saturated carbocycles. The summed E-state index contributed by atoms with van der Waals surface area (Å²) in [6, 6.07) is 20.2. The van der Waals surface area contributed by atoms with Crippen molar-refractivity contribution in [3.05, 3.63) is 84.4 Å². The third-order valence-corrected chi connectivity index (χ3v) is 5.58. The van der Waals surface area contributed by atoms with Crippen LogP contribution in [0, 0.1) is 0 Å². The maximum Gasteiger partial charge on any atom is 0.190 e. The molecule has 4 atom stereocenters. The van der Waals surface area contributed by atoms with Gasteiger partial charge in [0.05, 0.1) is 19.8 Å². The van der Waals surface area contributed by atoms with Crippen molar-refractivity contribution in [2.24, 2.45) is 0 Å². The maximum atomic E-state index is 6.56. The van der Waals surface area contributed by atoms with Gasteiger partial charge in [0.15, 0.2) is 12.1 Å². The Morgan fingerprint density at radius 2 is 1.57 bits per heavy atom. The minimum Gasteiger partial charge on any atom is -0.374 e. The first-order valence-corrected chi connectivity index (χ1v) is 10.4. The molecule has 0 bridgehead atoms. The molecule has 5 nitrogen and oxygen atoms in total. The van der Waals surface area contributed by atoms with Gasteiger partial charge in [0.2, 0.25) is 0 Å². The summed E-state index contributed by atoms with van der Waals surface area (Å²) >= 11 is 0. The first-order valence-electron chi connectivity index (χ1n) is 10.4. The van der Waals surface area contributed by atoms with Gasteiger partial charge in [-0.15, -0.1) is 6.58 Å². The van der Waals surface area contributed by atoms with E-state index in [0.29, 0.717) is 26.2 Å². The smallest absolute Gasteiger partial charge is 0.190 e. The molecule has 2 aromatic rings. The van der Waals surface area contributed by atoms with Gasteiger partial charge in [-0.25, -0.2) is 0 Å². The van der Waals surface area contributed by atoms with E-state index in [0.717, 1.165) is 11.1 Å². The fourth-order valence-electron chi connectivity index (χ4n) is 4.16. The predicted octanol–water partition coefficient (Wildman–Crippen LogP) is 4.61. The zero-order chi connectivity index (χ0) is 21.0. The van der Waals surface area contributed by atoms with Crippen molar-refractivity contribution in [1.82, 2.24) is 0 Å². The normalized spacial score (nSPS) is 29.6. The van der Waals surface area contributed by atoms with Crippen LogP contribution in [0.5, 0.6) is 0 Å². The van der Waals surface area contributed by atoms with E-state index in [1.807, 2.05) is 80.6 Å². The van der Waals surface area contributed by atoms with E-state index in [1.165, 1.54) is 0 Å². The van der Waals surface area contributed by atoms with E-state index < -0.39 is 17.7 Å². The van der Waals surface area contributed by atoms with E-state index in [9.17, 15) is 0 Å². The third kappa shape index (κ3) is 4.51. The van der Waals surface area contributed by atoms with Crippen molar-refractivity contribution in [1.29, 1.82) is 0 Å². The summed E-state index contributed by atoms with van der Waals surface area (Å²) in [5.74, 6) is -0.728. The van der Waals surface area contributed by atoms with Crippen molar-refractivity contribution in [2.45, 2.75) is 63.4 Å². The molecule has 0 radical (unpaired) electrons. The van der Waals surface area contributed by atoms with Gasteiger partial charge >= 0.3 is 0 Å². The van der Waals surface area contributed by atoms with Crippen LogP contribution in [0.1, 0.15) is 31.4 Å². The minimum atomic E-state index is -0.743. The summed E-state index contributed by atoms with van der Waals surface area (Å²) in [6.45, 7) is 9.08. The third-order valence-electron chi connectivity index (χ3n) is 5.58. The van der Waals surface area contributed by atoms with Crippen LogP contribution >= 0.6 is 0 Å². The second kappa shape index (κ2) is 9.00. The molecule has 0 spiro atoms. The maximum absolute atomic E-state index is 6.56. The highest BCUT2D eigenvalue weighted by Crippen LogP contribution is 2.47. The molecule has 2 heterocycles. The molecule has 2 aliphatic heterocycles. The Morgan fingerprint density at radius 3 is 2.20 bits per heavy atom. The number of hydrogen-bond acceptors (Lipinski definition) is 5. The number of hydrogen-bond donors (Lipinski definition) is 0. The zero-order valence-corrected chi connectivity index (χ0v) is 17.7. The molecule has 0 aliphatic carbocycles. The van der Waals surface area contributed by atoms with Crippen LogP contribution < -0.4 is 0 Å². The van der Waals surface area contributed by atoms with Gasteiger partial charge in [-0.3, -0.25) is 0 Å². The molecule has 2 aromatic carbocycles. The molecule has 2 aliphatic rings. The Balaban J connectivity index is 1.52. The monoisotopic (exact) mass is 410 g/mol. The predicted molar refractivity (Wildman–Crippen MR) is 114 cm³/mol. The second-order valence-electron chi connectivity index (χ2n) is 8.27. The second-order valence-corrected chi connectivity index (χ2v) is 8.27. The molecular weight excluding hydrogens is 380 g/mol. The number of fused-ring (bicyclic) bond motifs is 1. The highest BCUT2D eigenvalue weighted by Gasteiger charge is 2.64. The van der Waals surface area contributed by atoms with E-state index in [2.05, 4.69) is 6.58 Å². The molecule has 0 N–H and O–H groups in total. The van der Waals surface area contributed by atoms with Gasteiger partial charge in [-0.05, 0) is 31.4 Å². The molecule has 0 amide bonds. The number of ether oxygens (including phenoxy) is 5. The van der Waals surface area contributed by atoms with Crippen molar-refractivity contribution in [3.63, 3.8) is 0 Å². The summed E-state index contributed by atoms with van der Waals surface area (Å²) in [4.78, 5) is 0. The molecule has 160 valence electrons. The van der Waals surface area contributed by atoms with Gasteiger partial charge < -0.3 is 23.7 Å². The Hall–Kier alpha value is -2.02. The molecule has 2 fully saturated rings. The topological polar surface area (TPSA) is 46.2 Å². The van der Waals surface area contributed by atoms with E-state index >= 15 is 0 Å². The van der Waals surface area contributed by atoms with Crippen molar-refractivity contribution in [3.8, 4) is 0 Å². The van der Waals surface area contributed by atoms with Crippen LogP contribution in [-0.2, 0) is 36.9 Å². The van der Waals surface area contributed by atoms with Gasteiger partial charge in [-0.2, -0.15) is 0 Å². The SMILES string of the molecule is C=CC[C@@]1(OCc2ccccc2)[C@@H](COCc2ccccc2)OC2OC(C)(C)O[C@@H]21. The first kappa shape index (κ1) is 21.2. The summed E-state index contributed by atoms with van der Waals surface area (Å²) in [5, 5.41) is 0. The van der Waals surface area contributed by atoms with Gasteiger partial charge in [-0.1, -0.05) is 66.7 Å². The Labute approximate surface area is 178 Å². The van der Waals surface area contributed by atoms with Gasteiger partial charge in [0, 0.05) is 0 Å². The van der Waals surface area contributed by atoms with Crippen LogP contribution in [0.2, 0.25) is 0 Å². The van der Waals surface area contributed by atoms with Crippen LogP contribution in [0.4, 0.5) is 0 Å². The standard InChI is InChI=1S/C25H30O5/c1-4-15-25(27-17-20-13-9-6-10-14-20)21(18-26-16-19-11-7-5-8-12-19)28-23-22(25)29-24(2,3)30-23/h4-14,21-23H,1,15-18H2,2-3H3/t21-,22+,23?,25-/m1/s1. The zero-order valence-electron chi connectivity index (χ0n) is 17.7. The van der Waals surface area contributed by atoms with Crippen LogP contribution in [-0.4, -0.2) is 36.5 Å². The Kier molecular flexibility index (Phi) is 6.37. The first-order chi connectivity index (χ1) is 14.5. The fourth-order valence-corrected chi connectivity index (χ4v) is 4.16. The number of benzene rings is 2. The van der Waals surface area contributed by atoms with Crippen molar-refractivity contribution < 1.29 is 23.7 Å². The van der Waals surface area contributed by atoms with E-state index in [4.69, 9.17) is 23.7 Å². The van der Waals surface area contributed by atoms with Crippen LogP contribution in [0.15, 0.2) is 73.3 Å². The highest BCUT2D eigenvalue weighted by molar-refractivity contribution is 5.16. The van der Waals surface area contributed by atoms with E-state index in [1.54, 1.807) is 0 Å². The molecule has 30 heavy (non-hydrogen) atoms. The lowest BCUT2D eigenvalue weighted by Crippen LogP contribution is -2.52. The van der Waals surface area contributed by atoms with Crippen molar-refractivity contribution in [2.75, 3.05) is 6.61 Å². The van der Waals surface area contributed by atoms with Crippen LogP contribution in [0.3, 0.4) is 0 Å². The molecule has 1 unspecified atom stereocenters. The Morgan fingerprint density at radius 1 is 0.933 bits per heavy atom. The molecule has 0 aromatic heterocycles. The largest absolute Gasteiger partial charge is 0.374 e. The average Bonchev–Trinajstić information content (AvgIpc) is 3.19. The molecule has 2 saturated heterocycles. The lowest BCUT2D eigenvalue weighted by molar-refractivity contribution is -0.245. The lowest BCUT2D eigenvalue weighted by atomic mass is 9.88. The average molecular weight is 411 g/mol. The lowest BCUT2D eigenvalue weighted by Gasteiger charge is -2.37. The van der Waals surface area contributed by atoms with Gasteiger partial charge in [0.25, 0.3) is 0 Å². The summed E-state index contributed by atoms with van der Waals surface area (Å²) < 4.78 is 31.1. The number of rotatable bonds is 9. The van der Waals surface area contributed by atoms with Crippen molar-refractivity contribution >= 4 is 0 Å². The molecule has 4 rings (SSSR count). The summed E-state index contributed by atoms with van der Waals surface area (Å²) in [5.41, 5.74) is 1.46. The fraction of sp³-hybridized carbons (Fsp3) is 0.440. The quantitative estimate of drug-likeness (QED) is 0.565. The Bertz CT molecular complexity index is 822. The molecular formula is C25H30O5. The van der Waals surface area contributed by atoms with Crippen LogP contribution in [0.25, 0.3) is 0 Å².